The van der Waals surface area contributed by atoms with E-state index in [9.17, 15) is 14.4 Å². The Bertz CT molecular complexity index is 658. The van der Waals surface area contributed by atoms with Crippen molar-refractivity contribution in [2.45, 2.75) is 26.0 Å². The van der Waals surface area contributed by atoms with Gasteiger partial charge in [0.1, 0.15) is 18.7 Å². The lowest BCUT2D eigenvalue weighted by Crippen LogP contribution is -2.41. The lowest BCUT2D eigenvalue weighted by atomic mass is 10.1. The van der Waals surface area contributed by atoms with E-state index in [1.54, 1.807) is 38.1 Å². The molecule has 1 saturated heterocycles. The number of urea groups is 1. The molecule has 1 fully saturated rings. The number of rotatable bonds is 4. The molecule has 0 aliphatic carbocycles. The van der Waals surface area contributed by atoms with Crippen LogP contribution in [0, 0.1) is 11.3 Å². The number of esters is 1. The van der Waals surface area contributed by atoms with Crippen LogP contribution in [0.2, 0.25) is 0 Å². The summed E-state index contributed by atoms with van der Waals surface area (Å²) in [4.78, 5) is 36.1. The van der Waals surface area contributed by atoms with Crippen LogP contribution in [0.3, 0.4) is 0 Å². The fourth-order valence-electron chi connectivity index (χ4n) is 1.98. The summed E-state index contributed by atoms with van der Waals surface area (Å²) in [7, 11) is 0. The zero-order valence-corrected chi connectivity index (χ0v) is 12.3. The van der Waals surface area contributed by atoms with Crippen molar-refractivity contribution in [3.8, 4) is 6.07 Å². The molecule has 0 aromatic heterocycles. The summed E-state index contributed by atoms with van der Waals surface area (Å²) in [5.74, 6) is -1.14. The number of amides is 3. The van der Waals surface area contributed by atoms with Gasteiger partial charge >= 0.3 is 12.0 Å². The van der Waals surface area contributed by atoms with Gasteiger partial charge in [-0.1, -0.05) is 12.1 Å². The molecule has 0 saturated carbocycles. The number of carbonyl (C=O) groups excluding carboxylic acids is 3. The molecule has 22 heavy (non-hydrogen) atoms. The Kier molecular flexibility index (Phi) is 4.13. The average Bonchev–Trinajstić information content (AvgIpc) is 2.67. The van der Waals surface area contributed by atoms with E-state index >= 15 is 0 Å². The standard InChI is InChI=1S/C15H15N3O4/c1-15(2)13(20)18(14(21)17-15)8-12(19)22-9-11-5-3-10(7-16)4-6-11/h3-6H,8-9H2,1-2H3,(H,17,21). The van der Waals surface area contributed by atoms with E-state index in [-0.39, 0.29) is 6.61 Å². The van der Waals surface area contributed by atoms with Crippen LogP contribution in [0.1, 0.15) is 25.0 Å². The minimum atomic E-state index is -1.01. The van der Waals surface area contributed by atoms with Crippen molar-refractivity contribution >= 4 is 17.9 Å². The van der Waals surface area contributed by atoms with Crippen molar-refractivity contribution in [1.29, 1.82) is 5.26 Å². The molecule has 2 rings (SSSR count). The SMILES string of the molecule is CC1(C)NC(=O)N(CC(=O)OCc2ccc(C#N)cc2)C1=O. The highest BCUT2D eigenvalue weighted by Gasteiger charge is 2.45. The third-order valence-corrected chi connectivity index (χ3v) is 3.21. The van der Waals surface area contributed by atoms with E-state index in [4.69, 9.17) is 10.00 Å². The second-order valence-electron chi connectivity index (χ2n) is 5.42. The van der Waals surface area contributed by atoms with E-state index in [1.165, 1.54) is 0 Å². The summed E-state index contributed by atoms with van der Waals surface area (Å²) in [5.41, 5.74) is 0.214. The maximum Gasteiger partial charge on any atom is 0.326 e. The Morgan fingerprint density at radius 1 is 1.32 bits per heavy atom. The average molecular weight is 301 g/mol. The molecule has 0 bridgehead atoms. The Hall–Kier alpha value is -2.88. The van der Waals surface area contributed by atoms with Crippen molar-refractivity contribution in [2.24, 2.45) is 0 Å². The molecule has 7 nitrogen and oxygen atoms in total. The van der Waals surface area contributed by atoms with Gasteiger partial charge in [0.2, 0.25) is 0 Å². The van der Waals surface area contributed by atoms with Crippen LogP contribution in [0.15, 0.2) is 24.3 Å². The molecular formula is C15H15N3O4. The number of nitrogens with zero attached hydrogens (tertiary/aromatic N) is 2. The summed E-state index contributed by atoms with van der Waals surface area (Å²) < 4.78 is 5.03. The second-order valence-corrected chi connectivity index (χ2v) is 5.42. The first kappa shape index (κ1) is 15.5. The minimum Gasteiger partial charge on any atom is -0.459 e. The molecule has 0 atom stereocenters. The molecule has 7 heteroatoms. The monoisotopic (exact) mass is 301 g/mol. The highest BCUT2D eigenvalue weighted by atomic mass is 16.5. The van der Waals surface area contributed by atoms with Gasteiger partial charge in [0, 0.05) is 0 Å². The van der Waals surface area contributed by atoms with Crippen LogP contribution in [0.25, 0.3) is 0 Å². The molecule has 1 aromatic rings. The summed E-state index contributed by atoms with van der Waals surface area (Å²) in [6, 6.07) is 7.95. The number of hydrogen-bond acceptors (Lipinski definition) is 5. The smallest absolute Gasteiger partial charge is 0.326 e. The molecule has 1 heterocycles. The summed E-state index contributed by atoms with van der Waals surface area (Å²) >= 11 is 0. The van der Waals surface area contributed by atoms with Gasteiger partial charge < -0.3 is 10.1 Å². The van der Waals surface area contributed by atoms with Gasteiger partial charge in [-0.25, -0.2) is 4.79 Å². The number of benzene rings is 1. The number of hydrogen-bond donors (Lipinski definition) is 1. The molecule has 1 aromatic carbocycles. The Labute approximate surface area is 127 Å². The molecule has 3 amide bonds. The Morgan fingerprint density at radius 2 is 1.95 bits per heavy atom. The number of imide groups is 1. The quantitative estimate of drug-likeness (QED) is 0.659. The topological polar surface area (TPSA) is 99.5 Å². The molecule has 1 aliphatic heterocycles. The molecule has 0 spiro atoms. The van der Waals surface area contributed by atoms with Gasteiger partial charge in [0.05, 0.1) is 11.6 Å². The van der Waals surface area contributed by atoms with Crippen LogP contribution in [-0.4, -0.2) is 34.9 Å². The van der Waals surface area contributed by atoms with Crippen molar-refractivity contribution in [3.63, 3.8) is 0 Å². The lowest BCUT2D eigenvalue weighted by Gasteiger charge is -2.15. The Morgan fingerprint density at radius 3 is 2.45 bits per heavy atom. The maximum atomic E-state index is 11.9. The maximum absolute atomic E-state index is 11.9. The van der Waals surface area contributed by atoms with Gasteiger partial charge in [-0.2, -0.15) is 5.26 Å². The van der Waals surface area contributed by atoms with Crippen molar-refractivity contribution in [3.05, 3.63) is 35.4 Å². The number of ether oxygens (including phenoxy) is 1. The predicted octanol–water partition coefficient (Wildman–Crippen LogP) is 0.932. The first-order valence-electron chi connectivity index (χ1n) is 6.62. The van der Waals surface area contributed by atoms with E-state index in [2.05, 4.69) is 5.32 Å². The number of nitriles is 1. The normalized spacial score (nSPS) is 16.1. The zero-order valence-electron chi connectivity index (χ0n) is 12.3. The molecule has 114 valence electrons. The van der Waals surface area contributed by atoms with Crippen molar-refractivity contribution in [2.75, 3.05) is 6.54 Å². The van der Waals surface area contributed by atoms with Crippen molar-refractivity contribution < 1.29 is 19.1 Å². The van der Waals surface area contributed by atoms with E-state index in [1.807, 2.05) is 6.07 Å². The van der Waals surface area contributed by atoms with Gasteiger partial charge in [-0.05, 0) is 31.5 Å². The summed E-state index contributed by atoms with van der Waals surface area (Å²) in [6.45, 7) is 2.71. The lowest BCUT2D eigenvalue weighted by molar-refractivity contribution is -0.148. The molecule has 0 radical (unpaired) electrons. The van der Waals surface area contributed by atoms with Gasteiger partial charge in [0.25, 0.3) is 5.91 Å². The van der Waals surface area contributed by atoms with Crippen LogP contribution >= 0.6 is 0 Å². The number of carbonyl (C=O) groups is 3. The third kappa shape index (κ3) is 3.23. The molecule has 1 N–H and O–H groups in total. The molecule has 1 aliphatic rings. The van der Waals surface area contributed by atoms with Gasteiger partial charge in [-0.3, -0.25) is 14.5 Å². The second kappa shape index (κ2) is 5.85. The summed E-state index contributed by atoms with van der Waals surface area (Å²) in [5, 5.41) is 11.2. The van der Waals surface area contributed by atoms with Crippen LogP contribution in [0.4, 0.5) is 4.79 Å². The van der Waals surface area contributed by atoms with Gasteiger partial charge in [-0.15, -0.1) is 0 Å². The zero-order chi connectivity index (χ0) is 16.3. The molecular weight excluding hydrogens is 286 g/mol. The predicted molar refractivity (Wildman–Crippen MR) is 75.3 cm³/mol. The van der Waals surface area contributed by atoms with E-state index in [0.29, 0.717) is 11.1 Å². The Balaban J connectivity index is 1.89. The third-order valence-electron chi connectivity index (χ3n) is 3.21. The van der Waals surface area contributed by atoms with Gasteiger partial charge in [0.15, 0.2) is 0 Å². The van der Waals surface area contributed by atoms with Crippen LogP contribution < -0.4 is 5.32 Å². The fraction of sp³-hybridized carbons (Fsp3) is 0.333. The van der Waals surface area contributed by atoms with E-state index < -0.39 is 30.0 Å². The van der Waals surface area contributed by atoms with Crippen LogP contribution in [0.5, 0.6) is 0 Å². The highest BCUT2D eigenvalue weighted by Crippen LogP contribution is 2.16. The molecule has 0 unspecified atom stereocenters. The first-order valence-corrected chi connectivity index (χ1v) is 6.62. The minimum absolute atomic E-state index is 0.0115. The van der Waals surface area contributed by atoms with Crippen LogP contribution in [-0.2, 0) is 20.9 Å². The fourth-order valence-corrected chi connectivity index (χ4v) is 1.98. The first-order chi connectivity index (χ1) is 10.3. The van der Waals surface area contributed by atoms with E-state index in [0.717, 1.165) is 4.90 Å². The van der Waals surface area contributed by atoms with Crippen molar-refractivity contribution in [1.82, 2.24) is 10.2 Å². The largest absolute Gasteiger partial charge is 0.459 e. The number of nitrogens with one attached hydrogen (secondary N) is 1. The highest BCUT2D eigenvalue weighted by molar-refractivity contribution is 6.08. The summed E-state index contributed by atoms with van der Waals surface area (Å²) in [6.07, 6.45) is 0.